The Kier molecular flexibility index (Phi) is 3.93. The zero-order valence-electron chi connectivity index (χ0n) is 11.2. The zero-order chi connectivity index (χ0) is 14.7. The zero-order valence-corrected chi connectivity index (χ0v) is 11.2. The number of nitro groups is 1. The second-order valence-corrected chi connectivity index (χ2v) is 4.47. The van der Waals surface area contributed by atoms with Crippen LogP contribution >= 0.6 is 0 Å². The third-order valence-corrected chi connectivity index (χ3v) is 3.24. The fourth-order valence-corrected chi connectivity index (χ4v) is 1.86. The van der Waals surface area contributed by atoms with Gasteiger partial charge in [0, 0.05) is 13.1 Å². The van der Waals surface area contributed by atoms with Crippen molar-refractivity contribution >= 4 is 11.5 Å². The monoisotopic (exact) mass is 275 g/mol. The summed E-state index contributed by atoms with van der Waals surface area (Å²) in [6, 6.07) is 9.22. The number of hydrogen-bond donors (Lipinski definition) is 0. The van der Waals surface area contributed by atoms with Crippen LogP contribution in [0.1, 0.15) is 18.5 Å². The molecular weight excluding hydrogens is 261 g/mol. The fourth-order valence-electron chi connectivity index (χ4n) is 1.86. The molecule has 0 fully saturated rings. The predicted octanol–water partition coefficient (Wildman–Crippen LogP) is 3.33. The lowest BCUT2D eigenvalue weighted by Gasteiger charge is -2.26. The molecule has 0 unspecified atom stereocenters. The number of aromatic nitrogens is 1. The molecule has 0 aliphatic heterocycles. The lowest BCUT2D eigenvalue weighted by atomic mass is 10.1. The molecule has 0 amide bonds. The van der Waals surface area contributed by atoms with E-state index in [1.165, 1.54) is 24.4 Å². The summed E-state index contributed by atoms with van der Waals surface area (Å²) in [6.07, 6.45) is 1.23. The van der Waals surface area contributed by atoms with Crippen LogP contribution in [-0.4, -0.2) is 17.0 Å². The third-order valence-electron chi connectivity index (χ3n) is 3.24. The van der Waals surface area contributed by atoms with Crippen LogP contribution in [0, 0.1) is 15.9 Å². The van der Waals surface area contributed by atoms with Crippen molar-refractivity contribution in [3.63, 3.8) is 0 Å². The Morgan fingerprint density at radius 3 is 2.40 bits per heavy atom. The first kappa shape index (κ1) is 13.9. The fraction of sp³-hybridized carbons (Fsp3) is 0.214. The topological polar surface area (TPSA) is 59.3 Å². The van der Waals surface area contributed by atoms with Gasteiger partial charge in [-0.25, -0.2) is 9.37 Å². The minimum atomic E-state index is -0.486. The smallest absolute Gasteiger partial charge is 0.287 e. The Labute approximate surface area is 115 Å². The summed E-state index contributed by atoms with van der Waals surface area (Å²) in [5, 5.41) is 10.6. The van der Waals surface area contributed by atoms with Crippen LogP contribution in [0.3, 0.4) is 0 Å². The van der Waals surface area contributed by atoms with Gasteiger partial charge in [-0.15, -0.1) is 0 Å². The van der Waals surface area contributed by atoms with Crippen molar-refractivity contribution in [3.05, 3.63) is 64.1 Å². The second kappa shape index (κ2) is 5.64. The Hall–Kier alpha value is -2.50. The van der Waals surface area contributed by atoms with Gasteiger partial charge in [-0.05, 0) is 30.7 Å². The molecule has 2 rings (SSSR count). The molecular formula is C14H14FN3O2. The normalized spacial score (nSPS) is 11.9. The number of halogens is 1. The summed E-state index contributed by atoms with van der Waals surface area (Å²) in [5.41, 5.74) is 0.894. The molecule has 1 aromatic heterocycles. The van der Waals surface area contributed by atoms with Crippen molar-refractivity contribution in [2.24, 2.45) is 0 Å². The van der Waals surface area contributed by atoms with Crippen molar-refractivity contribution < 1.29 is 9.31 Å². The van der Waals surface area contributed by atoms with Gasteiger partial charge in [0.15, 0.2) is 0 Å². The average Bonchev–Trinajstić information content (AvgIpc) is 2.46. The van der Waals surface area contributed by atoms with Crippen LogP contribution in [0.15, 0.2) is 42.6 Å². The molecule has 2 aromatic rings. The van der Waals surface area contributed by atoms with Gasteiger partial charge in [0.25, 0.3) is 5.69 Å². The lowest BCUT2D eigenvalue weighted by molar-refractivity contribution is -0.385. The highest BCUT2D eigenvalue weighted by Gasteiger charge is 2.14. The van der Waals surface area contributed by atoms with Crippen LogP contribution in [0.25, 0.3) is 0 Å². The lowest BCUT2D eigenvalue weighted by Crippen LogP contribution is -2.22. The van der Waals surface area contributed by atoms with E-state index < -0.39 is 4.92 Å². The summed E-state index contributed by atoms with van der Waals surface area (Å²) < 4.78 is 12.9. The Bertz CT molecular complexity index is 599. The molecule has 5 nitrogen and oxygen atoms in total. The van der Waals surface area contributed by atoms with Gasteiger partial charge in [-0.1, -0.05) is 12.1 Å². The molecule has 1 aromatic carbocycles. The number of anilines is 1. The Morgan fingerprint density at radius 1 is 1.25 bits per heavy atom. The van der Waals surface area contributed by atoms with E-state index in [-0.39, 0.29) is 17.5 Å². The highest BCUT2D eigenvalue weighted by atomic mass is 19.1. The van der Waals surface area contributed by atoms with Gasteiger partial charge in [0.1, 0.15) is 17.8 Å². The van der Waals surface area contributed by atoms with E-state index in [9.17, 15) is 14.5 Å². The standard InChI is InChI=1S/C14H14FN3O2/c1-10(11-3-5-12(15)6-4-11)17(2)14-8-7-13(9-16-14)18(19)20/h3-10H,1-2H3/t10-/m1/s1. The largest absolute Gasteiger partial charge is 0.353 e. The minimum absolute atomic E-state index is 0.0236. The summed E-state index contributed by atoms with van der Waals surface area (Å²) in [7, 11) is 1.84. The molecule has 0 radical (unpaired) electrons. The van der Waals surface area contributed by atoms with Crippen molar-refractivity contribution in [1.29, 1.82) is 0 Å². The number of rotatable bonds is 4. The SMILES string of the molecule is C[C@H](c1ccc(F)cc1)N(C)c1ccc([N+](=O)[O-])cn1. The van der Waals surface area contributed by atoms with E-state index in [0.29, 0.717) is 5.82 Å². The van der Waals surface area contributed by atoms with Gasteiger partial charge < -0.3 is 4.90 Å². The summed E-state index contributed by atoms with van der Waals surface area (Å²) in [6.45, 7) is 1.95. The van der Waals surface area contributed by atoms with Crippen LogP contribution in [0.5, 0.6) is 0 Å². The minimum Gasteiger partial charge on any atom is -0.353 e. The molecule has 20 heavy (non-hydrogen) atoms. The molecule has 6 heteroatoms. The second-order valence-electron chi connectivity index (χ2n) is 4.47. The van der Waals surface area contributed by atoms with Crippen LogP contribution < -0.4 is 4.90 Å². The molecule has 0 bridgehead atoms. The van der Waals surface area contributed by atoms with E-state index in [4.69, 9.17) is 0 Å². The Morgan fingerprint density at radius 2 is 1.90 bits per heavy atom. The van der Waals surface area contributed by atoms with Crippen molar-refractivity contribution in [3.8, 4) is 0 Å². The predicted molar refractivity (Wildman–Crippen MR) is 74.1 cm³/mol. The average molecular weight is 275 g/mol. The number of pyridine rings is 1. The quantitative estimate of drug-likeness (QED) is 0.634. The number of hydrogen-bond acceptors (Lipinski definition) is 4. The first-order valence-electron chi connectivity index (χ1n) is 6.08. The molecule has 0 aliphatic carbocycles. The maximum absolute atomic E-state index is 12.9. The summed E-state index contributed by atoms with van der Waals surface area (Å²) >= 11 is 0. The Balaban J connectivity index is 2.19. The van der Waals surface area contributed by atoms with E-state index in [2.05, 4.69) is 4.98 Å². The summed E-state index contributed by atoms with van der Waals surface area (Å²) in [5.74, 6) is 0.337. The molecule has 104 valence electrons. The van der Waals surface area contributed by atoms with Crippen molar-refractivity contribution in [1.82, 2.24) is 4.98 Å². The van der Waals surface area contributed by atoms with Crippen molar-refractivity contribution in [2.45, 2.75) is 13.0 Å². The van der Waals surface area contributed by atoms with Crippen LogP contribution in [0.4, 0.5) is 15.9 Å². The molecule has 1 atom stereocenters. The summed E-state index contributed by atoms with van der Waals surface area (Å²) in [4.78, 5) is 16.0. The first-order valence-corrected chi connectivity index (χ1v) is 6.08. The maximum atomic E-state index is 12.9. The van der Waals surface area contributed by atoms with Gasteiger partial charge >= 0.3 is 0 Å². The molecule has 0 saturated heterocycles. The van der Waals surface area contributed by atoms with Gasteiger partial charge in [-0.3, -0.25) is 10.1 Å². The highest BCUT2D eigenvalue weighted by molar-refractivity contribution is 5.44. The van der Waals surface area contributed by atoms with Crippen molar-refractivity contribution in [2.75, 3.05) is 11.9 Å². The maximum Gasteiger partial charge on any atom is 0.287 e. The van der Waals surface area contributed by atoms with Crippen LogP contribution in [0.2, 0.25) is 0 Å². The van der Waals surface area contributed by atoms with Gasteiger partial charge in [0.2, 0.25) is 0 Å². The molecule has 0 spiro atoms. The van der Waals surface area contributed by atoms with Gasteiger partial charge in [0.05, 0.1) is 11.0 Å². The molecule has 0 aliphatic rings. The third kappa shape index (κ3) is 2.90. The van der Waals surface area contributed by atoms with E-state index >= 15 is 0 Å². The molecule has 1 heterocycles. The molecule has 0 saturated carbocycles. The van der Waals surface area contributed by atoms with E-state index in [1.807, 2.05) is 18.9 Å². The van der Waals surface area contributed by atoms with Crippen LogP contribution in [-0.2, 0) is 0 Å². The highest BCUT2D eigenvalue weighted by Crippen LogP contribution is 2.24. The van der Waals surface area contributed by atoms with E-state index in [0.717, 1.165) is 5.56 Å². The van der Waals surface area contributed by atoms with E-state index in [1.54, 1.807) is 18.2 Å². The number of nitrogens with zero attached hydrogens (tertiary/aromatic N) is 3. The number of benzene rings is 1. The van der Waals surface area contributed by atoms with Gasteiger partial charge in [-0.2, -0.15) is 0 Å². The first-order chi connectivity index (χ1) is 9.49. The molecule has 0 N–H and O–H groups in total.